The molecule has 1 aromatic heterocycles. The zero-order chi connectivity index (χ0) is 29.7. The summed E-state index contributed by atoms with van der Waals surface area (Å²) in [6, 6.07) is 7.93. The summed E-state index contributed by atoms with van der Waals surface area (Å²) in [4.78, 5) is 75.0. The third-order valence-corrected chi connectivity index (χ3v) is 8.01. The number of ether oxygens (including phenoxy) is 3. The first-order valence-corrected chi connectivity index (χ1v) is 13.8. The van der Waals surface area contributed by atoms with Crippen molar-refractivity contribution in [2.24, 2.45) is 0 Å². The molecule has 214 valence electrons. The summed E-state index contributed by atoms with van der Waals surface area (Å²) in [6.07, 6.45) is 1.15. The summed E-state index contributed by atoms with van der Waals surface area (Å²) in [5.41, 5.74) is 0.117. The van der Waals surface area contributed by atoms with Crippen molar-refractivity contribution in [1.29, 1.82) is 0 Å². The molecular formula is C26H23N3O10S2. The molecule has 2 aromatic rings. The third-order valence-electron chi connectivity index (χ3n) is 5.81. The average molecular weight is 602 g/mol. The van der Waals surface area contributed by atoms with E-state index in [4.69, 9.17) is 14.2 Å². The number of carbonyl (C=O) groups is 5. The Balaban J connectivity index is 1.62. The van der Waals surface area contributed by atoms with Gasteiger partial charge in [0.05, 0.1) is 16.2 Å². The van der Waals surface area contributed by atoms with Crippen molar-refractivity contribution in [3.8, 4) is 0 Å². The number of non-ortho nitro benzene ring substituents is 1. The van der Waals surface area contributed by atoms with Crippen LogP contribution in [0.3, 0.4) is 0 Å². The molecule has 1 fully saturated rings. The van der Waals surface area contributed by atoms with Crippen LogP contribution in [0.5, 0.6) is 0 Å². The lowest BCUT2D eigenvalue weighted by atomic mass is 10.0. The standard InChI is InChI=1S/C26H23N3O10S2/c1-14(30)37-12-19-20(13-38-15(2)31)41-25-22(27-21(32)10-18-4-3-9-40-18)24(33)28(25)23(19)26(34)39-11-16-5-7-17(8-6-16)29(35)36/h3-9,13,22,25H,10-12H2,1-2H3,(H,27,32)/b20-13+/t22?,25-/m1/s1. The predicted octanol–water partition coefficient (Wildman–Crippen LogP) is 2.56. The summed E-state index contributed by atoms with van der Waals surface area (Å²) in [5, 5.41) is 14.6. The molecule has 0 spiro atoms. The molecule has 0 bridgehead atoms. The molecule has 0 saturated carbocycles. The molecule has 2 aliphatic rings. The van der Waals surface area contributed by atoms with Crippen LogP contribution in [0.25, 0.3) is 0 Å². The van der Waals surface area contributed by atoms with E-state index in [9.17, 15) is 34.1 Å². The van der Waals surface area contributed by atoms with Crippen LogP contribution in [0.15, 0.2) is 64.2 Å². The minimum atomic E-state index is -0.999. The summed E-state index contributed by atoms with van der Waals surface area (Å²) in [6.45, 7) is 1.61. The lowest BCUT2D eigenvalue weighted by molar-refractivity contribution is -0.384. The second-order valence-corrected chi connectivity index (χ2v) is 10.9. The van der Waals surface area contributed by atoms with Gasteiger partial charge in [-0.05, 0) is 29.1 Å². The maximum absolute atomic E-state index is 13.4. The van der Waals surface area contributed by atoms with Gasteiger partial charge in [0.15, 0.2) is 0 Å². The van der Waals surface area contributed by atoms with Crippen LogP contribution in [0.2, 0.25) is 0 Å². The SMILES string of the molecule is CC(=O)O/C=C1/S[C@@H]2C(NC(=O)Cc3cccs3)C(=O)N2C(C(=O)OCc2ccc([N+](=O)[O-])cc2)=C1COC(C)=O. The number of β-lactam (4-membered cyclic amide) rings is 1. The van der Waals surface area contributed by atoms with Gasteiger partial charge in [-0.25, -0.2) is 4.79 Å². The van der Waals surface area contributed by atoms with Gasteiger partial charge in [-0.15, -0.1) is 11.3 Å². The van der Waals surface area contributed by atoms with E-state index in [1.165, 1.54) is 42.5 Å². The number of fused-ring (bicyclic) bond motifs is 1. The topological polar surface area (TPSA) is 171 Å². The Bertz CT molecular complexity index is 1450. The molecule has 13 nitrogen and oxygen atoms in total. The first kappa shape index (κ1) is 29.5. The summed E-state index contributed by atoms with van der Waals surface area (Å²) >= 11 is 2.43. The molecule has 41 heavy (non-hydrogen) atoms. The highest BCUT2D eigenvalue weighted by molar-refractivity contribution is 8.04. The zero-order valence-corrected chi connectivity index (χ0v) is 23.3. The molecule has 15 heteroatoms. The van der Waals surface area contributed by atoms with Gasteiger partial charge < -0.3 is 19.5 Å². The predicted molar refractivity (Wildman–Crippen MR) is 145 cm³/mol. The number of amides is 2. The smallest absolute Gasteiger partial charge is 0.355 e. The fourth-order valence-corrected chi connectivity index (χ4v) is 5.92. The maximum atomic E-state index is 13.4. The number of thiophene rings is 1. The van der Waals surface area contributed by atoms with Crippen LogP contribution in [-0.2, 0) is 51.2 Å². The van der Waals surface area contributed by atoms with Gasteiger partial charge in [0.25, 0.3) is 11.6 Å². The van der Waals surface area contributed by atoms with Crippen molar-refractivity contribution in [2.75, 3.05) is 6.61 Å². The lowest BCUT2D eigenvalue weighted by Crippen LogP contribution is -2.70. The van der Waals surface area contributed by atoms with Crippen molar-refractivity contribution in [1.82, 2.24) is 10.2 Å². The van der Waals surface area contributed by atoms with Crippen LogP contribution in [0.4, 0.5) is 5.69 Å². The maximum Gasteiger partial charge on any atom is 0.355 e. The number of nitrogens with one attached hydrogen (secondary N) is 1. The van der Waals surface area contributed by atoms with Gasteiger partial charge in [-0.2, -0.15) is 0 Å². The number of benzene rings is 1. The highest BCUT2D eigenvalue weighted by atomic mass is 32.2. The van der Waals surface area contributed by atoms with Crippen molar-refractivity contribution < 1.29 is 43.1 Å². The molecular weight excluding hydrogens is 578 g/mol. The third kappa shape index (κ3) is 6.99. The van der Waals surface area contributed by atoms with Crippen LogP contribution < -0.4 is 5.32 Å². The van der Waals surface area contributed by atoms with E-state index in [0.717, 1.165) is 34.7 Å². The Kier molecular flexibility index (Phi) is 9.19. The van der Waals surface area contributed by atoms with E-state index >= 15 is 0 Å². The van der Waals surface area contributed by atoms with E-state index in [1.54, 1.807) is 12.1 Å². The Morgan fingerprint density at radius 1 is 1.07 bits per heavy atom. The Hall–Kier alpha value is -4.50. The quantitative estimate of drug-likeness (QED) is 0.106. The molecule has 1 aromatic carbocycles. The van der Waals surface area contributed by atoms with Crippen LogP contribution in [0, 0.1) is 10.1 Å². The van der Waals surface area contributed by atoms with Crippen molar-refractivity contribution in [2.45, 2.75) is 38.3 Å². The normalized spacial score (nSPS) is 18.7. The highest BCUT2D eigenvalue weighted by Crippen LogP contribution is 2.47. The second-order valence-electron chi connectivity index (χ2n) is 8.72. The Labute approximate surface area is 241 Å². The van der Waals surface area contributed by atoms with E-state index in [-0.39, 0.29) is 34.9 Å². The van der Waals surface area contributed by atoms with E-state index < -0.39 is 52.7 Å². The van der Waals surface area contributed by atoms with Crippen LogP contribution >= 0.6 is 23.1 Å². The number of nitro benzene ring substituents is 1. The van der Waals surface area contributed by atoms with Crippen molar-refractivity contribution in [3.05, 3.63) is 84.8 Å². The molecule has 2 aliphatic heterocycles. The summed E-state index contributed by atoms with van der Waals surface area (Å²) in [5.74, 6) is -3.25. The fourth-order valence-electron chi connectivity index (χ4n) is 3.92. The van der Waals surface area contributed by atoms with Gasteiger partial charge in [-0.3, -0.25) is 34.2 Å². The highest BCUT2D eigenvalue weighted by Gasteiger charge is 2.56. The summed E-state index contributed by atoms with van der Waals surface area (Å²) < 4.78 is 15.6. The van der Waals surface area contributed by atoms with E-state index in [1.807, 2.05) is 5.38 Å². The molecule has 4 rings (SSSR count). The molecule has 2 amide bonds. The number of rotatable bonds is 10. The van der Waals surface area contributed by atoms with Crippen molar-refractivity contribution >= 4 is 58.5 Å². The largest absolute Gasteiger partial charge is 0.461 e. The number of carbonyl (C=O) groups excluding carboxylic acids is 5. The van der Waals surface area contributed by atoms with Gasteiger partial charge in [0.2, 0.25) is 5.91 Å². The van der Waals surface area contributed by atoms with Crippen molar-refractivity contribution in [3.63, 3.8) is 0 Å². The minimum Gasteiger partial charge on any atom is -0.461 e. The monoisotopic (exact) mass is 601 g/mol. The number of nitro groups is 1. The number of nitrogens with zero attached hydrogens (tertiary/aromatic N) is 2. The van der Waals surface area contributed by atoms with Crippen LogP contribution in [-0.4, -0.2) is 57.6 Å². The Morgan fingerprint density at radius 2 is 1.80 bits per heavy atom. The van der Waals surface area contributed by atoms with Gasteiger partial charge in [0.1, 0.15) is 36.6 Å². The van der Waals surface area contributed by atoms with E-state index in [2.05, 4.69) is 5.32 Å². The second kappa shape index (κ2) is 12.8. The van der Waals surface area contributed by atoms with Gasteiger partial charge in [-0.1, -0.05) is 17.8 Å². The van der Waals surface area contributed by atoms with Gasteiger partial charge in [0, 0.05) is 36.4 Å². The average Bonchev–Trinajstić information content (AvgIpc) is 3.44. The lowest BCUT2D eigenvalue weighted by Gasteiger charge is -2.50. The van der Waals surface area contributed by atoms with Gasteiger partial charge >= 0.3 is 17.9 Å². The minimum absolute atomic E-state index is 0.0622. The van der Waals surface area contributed by atoms with E-state index in [0.29, 0.717) is 5.56 Å². The molecule has 2 atom stereocenters. The first-order chi connectivity index (χ1) is 19.5. The first-order valence-electron chi connectivity index (χ1n) is 12.0. The zero-order valence-electron chi connectivity index (χ0n) is 21.7. The molecule has 3 heterocycles. The molecule has 1 saturated heterocycles. The number of hydrogen-bond acceptors (Lipinski definition) is 12. The molecule has 1 unspecified atom stereocenters. The number of thioether (sulfide) groups is 1. The molecule has 1 N–H and O–H groups in total. The Morgan fingerprint density at radius 3 is 2.41 bits per heavy atom. The fraction of sp³-hybridized carbons (Fsp3) is 0.269. The number of esters is 3. The van der Waals surface area contributed by atoms with Crippen LogP contribution in [0.1, 0.15) is 24.3 Å². The molecule has 0 aliphatic carbocycles. The number of hydrogen-bond donors (Lipinski definition) is 1. The summed E-state index contributed by atoms with van der Waals surface area (Å²) in [7, 11) is 0. The molecule has 0 radical (unpaired) electrons.